The minimum absolute atomic E-state index is 0.101. The number of carbonyl (C=O) groups is 1. The van der Waals surface area contributed by atoms with Crippen LogP contribution in [0.4, 0.5) is 20.4 Å². The SMILES string of the molecule is Cc1ccc(C(=O)Nc2ccc(C)c(-c3nc(NC(CO)CO)nc4c3ccc(=O)n4-c3c(F)cccc3F)c2)cc1C. The first-order chi connectivity index (χ1) is 20.6. The molecule has 0 atom stereocenters. The third-order valence-corrected chi connectivity index (χ3v) is 7.21. The van der Waals surface area contributed by atoms with Gasteiger partial charge in [-0.1, -0.05) is 18.2 Å². The number of aromatic nitrogens is 3. The highest BCUT2D eigenvalue weighted by Gasteiger charge is 2.21. The molecule has 0 aliphatic heterocycles. The lowest BCUT2D eigenvalue weighted by atomic mass is 10.0. The van der Waals surface area contributed by atoms with Crippen molar-refractivity contribution >= 4 is 28.6 Å². The van der Waals surface area contributed by atoms with Gasteiger partial charge in [-0.2, -0.15) is 4.98 Å². The Bertz CT molecular complexity index is 1900. The van der Waals surface area contributed by atoms with Crippen molar-refractivity contribution in [2.45, 2.75) is 26.8 Å². The van der Waals surface area contributed by atoms with Crippen molar-refractivity contribution in [1.29, 1.82) is 0 Å². The van der Waals surface area contributed by atoms with Crippen LogP contribution in [0, 0.1) is 32.4 Å². The smallest absolute Gasteiger partial charge is 0.256 e. The first kappa shape index (κ1) is 29.5. The molecule has 1 amide bonds. The topological polar surface area (TPSA) is 129 Å². The molecule has 4 N–H and O–H groups in total. The Balaban J connectivity index is 1.71. The number of aliphatic hydroxyl groups is 2. The average Bonchev–Trinajstić information content (AvgIpc) is 2.98. The molecule has 5 aromatic rings. The summed E-state index contributed by atoms with van der Waals surface area (Å²) in [6.07, 6.45) is 0. The predicted molar refractivity (Wildman–Crippen MR) is 161 cm³/mol. The Morgan fingerprint density at radius 3 is 2.26 bits per heavy atom. The summed E-state index contributed by atoms with van der Waals surface area (Å²) in [7, 11) is 0. The van der Waals surface area contributed by atoms with E-state index in [0.717, 1.165) is 33.4 Å². The number of aryl methyl sites for hydroxylation is 3. The number of nitrogens with one attached hydrogen (secondary N) is 2. The zero-order valence-electron chi connectivity index (χ0n) is 23.7. The number of hydrogen-bond donors (Lipinski definition) is 4. The first-order valence-electron chi connectivity index (χ1n) is 13.5. The van der Waals surface area contributed by atoms with Crippen molar-refractivity contribution in [1.82, 2.24) is 14.5 Å². The van der Waals surface area contributed by atoms with Gasteiger partial charge < -0.3 is 20.8 Å². The quantitative estimate of drug-likeness (QED) is 0.208. The van der Waals surface area contributed by atoms with E-state index in [4.69, 9.17) is 0 Å². The number of nitrogens with zero attached hydrogens (tertiary/aromatic N) is 3. The van der Waals surface area contributed by atoms with Gasteiger partial charge in [0.15, 0.2) is 5.65 Å². The monoisotopic (exact) mass is 585 g/mol. The van der Waals surface area contributed by atoms with Crippen LogP contribution >= 0.6 is 0 Å². The van der Waals surface area contributed by atoms with E-state index in [1.165, 1.54) is 18.2 Å². The number of amides is 1. The van der Waals surface area contributed by atoms with E-state index in [2.05, 4.69) is 20.6 Å². The maximum absolute atomic E-state index is 14.9. The molecule has 43 heavy (non-hydrogen) atoms. The lowest BCUT2D eigenvalue weighted by Gasteiger charge is -2.18. The van der Waals surface area contributed by atoms with Gasteiger partial charge in [0.2, 0.25) is 5.95 Å². The second kappa shape index (κ2) is 12.1. The van der Waals surface area contributed by atoms with Crippen LogP contribution in [0.15, 0.2) is 71.5 Å². The van der Waals surface area contributed by atoms with Crippen molar-refractivity contribution in [3.63, 3.8) is 0 Å². The molecule has 0 bridgehead atoms. The zero-order chi connectivity index (χ0) is 30.8. The van der Waals surface area contributed by atoms with Gasteiger partial charge in [0.25, 0.3) is 11.5 Å². The fourth-order valence-electron chi connectivity index (χ4n) is 4.68. The van der Waals surface area contributed by atoms with Crippen LogP contribution in [0.3, 0.4) is 0 Å². The second-order valence-electron chi connectivity index (χ2n) is 10.2. The van der Waals surface area contributed by atoms with Gasteiger partial charge in [-0.05, 0) is 79.9 Å². The van der Waals surface area contributed by atoms with Gasteiger partial charge in [-0.3, -0.25) is 14.2 Å². The fraction of sp³-hybridized carbons (Fsp3) is 0.188. The molecular weight excluding hydrogens is 556 g/mol. The highest BCUT2D eigenvalue weighted by molar-refractivity contribution is 6.05. The summed E-state index contributed by atoms with van der Waals surface area (Å²) in [4.78, 5) is 35.1. The van der Waals surface area contributed by atoms with Crippen LogP contribution in [-0.4, -0.2) is 49.9 Å². The van der Waals surface area contributed by atoms with Crippen LogP contribution < -0.4 is 16.2 Å². The third-order valence-electron chi connectivity index (χ3n) is 7.21. The van der Waals surface area contributed by atoms with Gasteiger partial charge in [-0.15, -0.1) is 0 Å². The van der Waals surface area contributed by atoms with E-state index < -0.39 is 42.1 Å². The molecule has 220 valence electrons. The summed E-state index contributed by atoms with van der Waals surface area (Å²) in [5.74, 6) is -2.36. The van der Waals surface area contributed by atoms with E-state index in [1.807, 2.05) is 26.8 Å². The van der Waals surface area contributed by atoms with Gasteiger partial charge in [0, 0.05) is 28.3 Å². The van der Waals surface area contributed by atoms with E-state index in [-0.39, 0.29) is 28.6 Å². The Kier molecular flexibility index (Phi) is 8.29. The molecule has 0 radical (unpaired) electrons. The molecule has 2 heterocycles. The lowest BCUT2D eigenvalue weighted by Crippen LogP contribution is -2.29. The average molecular weight is 586 g/mol. The largest absolute Gasteiger partial charge is 0.394 e. The summed E-state index contributed by atoms with van der Waals surface area (Å²) < 4.78 is 30.7. The van der Waals surface area contributed by atoms with Crippen molar-refractivity contribution in [3.8, 4) is 16.9 Å². The number of halogens is 2. The van der Waals surface area contributed by atoms with Crippen LogP contribution in [0.1, 0.15) is 27.0 Å². The summed E-state index contributed by atoms with van der Waals surface area (Å²) in [5, 5.41) is 25.3. The normalized spacial score (nSPS) is 11.3. The Hall–Kier alpha value is -5.00. The summed E-state index contributed by atoms with van der Waals surface area (Å²) in [5.41, 5.74) is 3.10. The Morgan fingerprint density at radius 2 is 1.58 bits per heavy atom. The standard InChI is InChI=1S/C32H29F2N5O4/c1-17-7-9-20(13-19(17)3)31(43)35-21-10-8-18(2)24(14-21)28-23-11-12-27(42)39(29-25(33)5-4-6-26(29)34)30(23)38-32(37-28)36-22(15-40)16-41/h4-14,22,40-41H,15-16H2,1-3H3,(H,35,43)(H,36,37,38). The Morgan fingerprint density at radius 1 is 0.884 bits per heavy atom. The van der Waals surface area contributed by atoms with Gasteiger partial charge in [-0.25, -0.2) is 13.8 Å². The van der Waals surface area contributed by atoms with Gasteiger partial charge in [0.1, 0.15) is 17.3 Å². The van der Waals surface area contributed by atoms with Gasteiger partial charge in [0.05, 0.1) is 24.9 Å². The number of anilines is 2. The fourth-order valence-corrected chi connectivity index (χ4v) is 4.68. The molecule has 0 saturated carbocycles. The number of aliphatic hydroxyl groups excluding tert-OH is 2. The Labute approximate surface area is 245 Å². The lowest BCUT2D eigenvalue weighted by molar-refractivity contribution is 0.102. The van der Waals surface area contributed by atoms with Crippen molar-refractivity contribution in [2.24, 2.45) is 0 Å². The highest BCUT2D eigenvalue weighted by atomic mass is 19.1. The highest BCUT2D eigenvalue weighted by Crippen LogP contribution is 2.33. The minimum atomic E-state index is -0.972. The van der Waals surface area contributed by atoms with Crippen LogP contribution in [0.2, 0.25) is 0 Å². The van der Waals surface area contributed by atoms with Crippen molar-refractivity contribution in [3.05, 3.63) is 111 Å². The number of carbonyl (C=O) groups excluding carboxylic acids is 1. The third kappa shape index (κ3) is 5.85. The van der Waals surface area contributed by atoms with E-state index in [1.54, 1.807) is 30.3 Å². The molecular formula is C32H29F2N5O4. The summed E-state index contributed by atoms with van der Waals surface area (Å²) >= 11 is 0. The second-order valence-corrected chi connectivity index (χ2v) is 10.2. The molecule has 0 unspecified atom stereocenters. The molecule has 2 aromatic heterocycles. The van der Waals surface area contributed by atoms with Crippen LogP contribution in [0.5, 0.6) is 0 Å². The molecule has 3 aromatic carbocycles. The molecule has 0 spiro atoms. The summed E-state index contributed by atoms with van der Waals surface area (Å²) in [6.45, 7) is 4.78. The maximum atomic E-state index is 14.9. The number of fused-ring (bicyclic) bond motifs is 1. The zero-order valence-corrected chi connectivity index (χ0v) is 23.7. The first-order valence-corrected chi connectivity index (χ1v) is 13.5. The molecule has 5 rings (SSSR count). The van der Waals surface area contributed by atoms with Gasteiger partial charge >= 0.3 is 0 Å². The number of benzene rings is 3. The molecule has 0 saturated heterocycles. The van der Waals surface area contributed by atoms with Crippen molar-refractivity contribution in [2.75, 3.05) is 23.8 Å². The molecule has 0 fully saturated rings. The number of pyridine rings is 1. The van der Waals surface area contributed by atoms with E-state index in [0.29, 0.717) is 16.8 Å². The van der Waals surface area contributed by atoms with Crippen LogP contribution in [-0.2, 0) is 0 Å². The van der Waals surface area contributed by atoms with E-state index >= 15 is 0 Å². The number of hydrogen-bond acceptors (Lipinski definition) is 7. The van der Waals surface area contributed by atoms with E-state index in [9.17, 15) is 28.6 Å². The molecule has 0 aliphatic carbocycles. The van der Waals surface area contributed by atoms with Crippen molar-refractivity contribution < 1.29 is 23.8 Å². The predicted octanol–water partition coefficient (Wildman–Crippen LogP) is 4.67. The minimum Gasteiger partial charge on any atom is -0.394 e. The maximum Gasteiger partial charge on any atom is 0.256 e. The number of rotatable bonds is 8. The molecule has 9 nitrogen and oxygen atoms in total. The molecule has 0 aliphatic rings. The summed E-state index contributed by atoms with van der Waals surface area (Å²) in [6, 6.07) is 15.6. The molecule has 11 heteroatoms. The number of para-hydroxylation sites is 1. The van der Waals surface area contributed by atoms with Crippen LogP contribution in [0.25, 0.3) is 28.0 Å².